The first-order valence-corrected chi connectivity index (χ1v) is 17.4. The summed E-state index contributed by atoms with van der Waals surface area (Å²) in [5.74, 6) is 0.923. The highest BCUT2D eigenvalue weighted by Crippen LogP contribution is 2.42. The number of ether oxygens (including phenoxy) is 4. The molecule has 54 heavy (non-hydrogen) atoms. The summed E-state index contributed by atoms with van der Waals surface area (Å²) in [6, 6.07) is 23.7. The zero-order chi connectivity index (χ0) is 38.5. The van der Waals surface area contributed by atoms with Gasteiger partial charge in [-0.1, -0.05) is 24.3 Å². The molecule has 278 valence electrons. The van der Waals surface area contributed by atoms with E-state index in [1.165, 1.54) is 24.9 Å². The van der Waals surface area contributed by atoms with Crippen molar-refractivity contribution in [2.24, 2.45) is 20.0 Å². The first-order valence-electron chi connectivity index (χ1n) is 17.4. The van der Waals surface area contributed by atoms with Crippen LogP contribution in [0.5, 0.6) is 46.0 Å². The van der Waals surface area contributed by atoms with Crippen molar-refractivity contribution in [1.82, 2.24) is 0 Å². The van der Waals surface area contributed by atoms with Crippen LogP contribution in [0.1, 0.15) is 49.9 Å². The van der Waals surface area contributed by atoms with Crippen molar-refractivity contribution in [2.75, 3.05) is 26.4 Å². The molecule has 12 heteroatoms. The van der Waals surface area contributed by atoms with Gasteiger partial charge in [-0.3, -0.25) is 20.0 Å². The lowest BCUT2D eigenvalue weighted by atomic mass is 10.1. The van der Waals surface area contributed by atoms with Crippen LogP contribution in [0.2, 0.25) is 0 Å². The topological polar surface area (TPSA) is 167 Å². The summed E-state index contributed by atoms with van der Waals surface area (Å²) in [4.78, 5) is 18.8. The second-order valence-electron chi connectivity index (χ2n) is 11.4. The molecule has 5 aromatic carbocycles. The largest absolute Gasteiger partial charge is 0.504 e. The maximum atomic E-state index is 10.9. The molecule has 0 heterocycles. The molecular formula is C42H42N4O8. The van der Waals surface area contributed by atoms with Gasteiger partial charge in [0.2, 0.25) is 0 Å². The van der Waals surface area contributed by atoms with Crippen molar-refractivity contribution in [3.05, 3.63) is 107 Å². The van der Waals surface area contributed by atoms with Gasteiger partial charge in [0, 0.05) is 47.1 Å². The number of para-hydroxylation sites is 4. The Morgan fingerprint density at radius 1 is 0.389 bits per heavy atom. The molecule has 0 atom stereocenters. The Bertz CT molecular complexity index is 1890. The van der Waals surface area contributed by atoms with Crippen LogP contribution in [0.25, 0.3) is 0 Å². The van der Waals surface area contributed by atoms with Crippen LogP contribution in [0.3, 0.4) is 0 Å². The van der Waals surface area contributed by atoms with E-state index in [0.717, 1.165) is 0 Å². The highest BCUT2D eigenvalue weighted by atomic mass is 16.5. The number of phenolic OH excluding ortho intramolecular Hbond substituents is 4. The van der Waals surface area contributed by atoms with Crippen molar-refractivity contribution in [3.8, 4) is 46.0 Å². The minimum Gasteiger partial charge on any atom is -0.504 e. The van der Waals surface area contributed by atoms with Crippen LogP contribution in [0.4, 0.5) is 22.7 Å². The summed E-state index contributed by atoms with van der Waals surface area (Å²) < 4.78 is 22.2. The average Bonchev–Trinajstić information content (AvgIpc) is 3.17. The van der Waals surface area contributed by atoms with Crippen molar-refractivity contribution in [1.29, 1.82) is 0 Å². The van der Waals surface area contributed by atoms with Gasteiger partial charge >= 0.3 is 0 Å². The van der Waals surface area contributed by atoms with E-state index in [9.17, 15) is 20.4 Å². The van der Waals surface area contributed by atoms with Crippen molar-refractivity contribution in [2.45, 2.75) is 27.7 Å². The summed E-state index contributed by atoms with van der Waals surface area (Å²) in [6.07, 6.45) is 5.91. The summed E-state index contributed by atoms with van der Waals surface area (Å²) in [5, 5.41) is 43.5. The molecular weight excluding hydrogens is 688 g/mol. The molecule has 0 spiro atoms. The molecule has 0 aliphatic heterocycles. The third-order valence-corrected chi connectivity index (χ3v) is 7.76. The fraction of sp³-hybridized carbons (Fsp3) is 0.190. The normalized spacial score (nSPS) is 11.6. The summed E-state index contributed by atoms with van der Waals surface area (Å²) in [6.45, 7) is 8.75. The van der Waals surface area contributed by atoms with Gasteiger partial charge in [0.05, 0.1) is 49.2 Å². The fourth-order valence-electron chi connectivity index (χ4n) is 5.19. The molecule has 12 nitrogen and oxygen atoms in total. The maximum Gasteiger partial charge on any atom is 0.166 e. The molecule has 5 aromatic rings. The van der Waals surface area contributed by atoms with Crippen LogP contribution < -0.4 is 18.9 Å². The third-order valence-electron chi connectivity index (χ3n) is 7.76. The molecule has 4 N–H and O–H groups in total. The number of aliphatic imine (C=N–C) groups is 4. The van der Waals surface area contributed by atoms with Gasteiger partial charge in [0.25, 0.3) is 0 Å². The maximum absolute atomic E-state index is 10.9. The van der Waals surface area contributed by atoms with E-state index < -0.39 is 0 Å². The second-order valence-corrected chi connectivity index (χ2v) is 11.4. The predicted octanol–water partition coefficient (Wildman–Crippen LogP) is 9.11. The first kappa shape index (κ1) is 38.4. The number of phenols is 4. The van der Waals surface area contributed by atoms with Crippen LogP contribution in [0, 0.1) is 0 Å². The molecule has 0 saturated heterocycles. The number of nitrogens with zero attached hydrogens (tertiary/aromatic N) is 4. The van der Waals surface area contributed by atoms with Crippen LogP contribution in [0.15, 0.2) is 105 Å². The summed E-state index contributed by atoms with van der Waals surface area (Å²) >= 11 is 0. The standard InChI is InChI=1S/C42H42N4O8/c1-5-51-35-17-9-13-27(39(35)47)23-43-31-21-33(45-25-29-15-11-19-37(41(29)49)53-7-3)34(46-26-30-16-12-20-38(42(30)50)54-8-4)22-32(31)44-24-28-14-10-18-36(40(28)48)52-6-2/h9-26,47-50H,5-8H2,1-4H3. The van der Waals surface area contributed by atoms with Crippen LogP contribution in [-0.2, 0) is 0 Å². The highest BCUT2D eigenvalue weighted by molar-refractivity contribution is 5.95. The molecule has 0 radical (unpaired) electrons. The Balaban J connectivity index is 1.70. The van der Waals surface area contributed by atoms with E-state index in [2.05, 4.69) is 0 Å². The van der Waals surface area contributed by atoms with Gasteiger partial charge in [0.1, 0.15) is 0 Å². The minimum absolute atomic E-state index is 0.0796. The highest BCUT2D eigenvalue weighted by Gasteiger charge is 2.14. The van der Waals surface area contributed by atoms with Crippen molar-refractivity contribution >= 4 is 47.6 Å². The number of aromatic hydroxyl groups is 4. The molecule has 0 unspecified atom stereocenters. The van der Waals surface area contributed by atoms with Gasteiger partial charge < -0.3 is 39.4 Å². The molecule has 0 fully saturated rings. The van der Waals surface area contributed by atoms with Crippen LogP contribution in [-0.4, -0.2) is 71.7 Å². The van der Waals surface area contributed by atoms with E-state index in [1.807, 2.05) is 27.7 Å². The Labute approximate surface area is 313 Å². The van der Waals surface area contributed by atoms with Gasteiger partial charge in [0.15, 0.2) is 46.0 Å². The quantitative estimate of drug-likeness (QED) is 0.0730. The fourth-order valence-corrected chi connectivity index (χ4v) is 5.19. The Hall–Kier alpha value is -6.82. The number of hydrogen-bond donors (Lipinski definition) is 4. The monoisotopic (exact) mass is 730 g/mol. The lowest BCUT2D eigenvalue weighted by Gasteiger charge is -2.10. The zero-order valence-corrected chi connectivity index (χ0v) is 30.4. The van der Waals surface area contributed by atoms with Gasteiger partial charge in [-0.2, -0.15) is 0 Å². The first-order chi connectivity index (χ1) is 26.3. The lowest BCUT2D eigenvalue weighted by Crippen LogP contribution is -1.94. The summed E-state index contributed by atoms with van der Waals surface area (Å²) in [5.41, 5.74) is 2.89. The number of benzene rings is 5. The van der Waals surface area contributed by atoms with Crippen molar-refractivity contribution < 1.29 is 39.4 Å². The smallest absolute Gasteiger partial charge is 0.166 e. The molecule has 0 amide bonds. The Morgan fingerprint density at radius 3 is 0.815 bits per heavy atom. The predicted molar refractivity (Wildman–Crippen MR) is 213 cm³/mol. The molecule has 0 aliphatic rings. The van der Waals surface area contributed by atoms with Gasteiger partial charge in [-0.05, 0) is 88.4 Å². The SMILES string of the molecule is CCOc1cccc(C=Nc2cc(N=Cc3cccc(OCC)c3O)c(N=Cc3cccc(OCC)c3O)cc2N=Cc2cccc(OCC)c2O)c1O. The lowest BCUT2D eigenvalue weighted by molar-refractivity contribution is 0.318. The van der Waals surface area contributed by atoms with E-state index in [-0.39, 0.29) is 23.0 Å². The Kier molecular flexibility index (Phi) is 13.2. The van der Waals surface area contributed by atoms with E-state index in [4.69, 9.17) is 38.9 Å². The van der Waals surface area contributed by atoms with E-state index in [1.54, 1.807) is 84.9 Å². The van der Waals surface area contributed by atoms with Gasteiger partial charge in [-0.15, -0.1) is 0 Å². The number of rotatable bonds is 16. The van der Waals surface area contributed by atoms with Gasteiger partial charge in [-0.25, -0.2) is 0 Å². The van der Waals surface area contributed by atoms with Crippen molar-refractivity contribution in [3.63, 3.8) is 0 Å². The average molecular weight is 731 g/mol. The third kappa shape index (κ3) is 9.34. The second kappa shape index (κ2) is 18.6. The van der Waals surface area contributed by atoms with E-state index in [0.29, 0.717) is 94.4 Å². The minimum atomic E-state index is -0.0796. The number of hydrogen-bond acceptors (Lipinski definition) is 12. The molecule has 0 saturated carbocycles. The molecule has 0 aliphatic carbocycles. The van der Waals surface area contributed by atoms with E-state index >= 15 is 0 Å². The van der Waals surface area contributed by atoms with Crippen LogP contribution >= 0.6 is 0 Å². The summed E-state index contributed by atoms with van der Waals surface area (Å²) in [7, 11) is 0. The molecule has 5 rings (SSSR count). The zero-order valence-electron chi connectivity index (χ0n) is 30.4. The Morgan fingerprint density at radius 2 is 0.611 bits per heavy atom. The molecule has 0 bridgehead atoms. The molecule has 0 aromatic heterocycles.